The fourth-order valence-electron chi connectivity index (χ4n) is 5.23. The number of hydrogen-bond acceptors (Lipinski definition) is 10. The Labute approximate surface area is 347 Å². The summed E-state index contributed by atoms with van der Waals surface area (Å²) in [7, 11) is 0. The number of aromatic hydroxyl groups is 1. The van der Waals surface area contributed by atoms with Crippen LogP contribution in [0.1, 0.15) is 59.4 Å². The van der Waals surface area contributed by atoms with Gasteiger partial charge in [-0.25, -0.2) is 4.79 Å². The van der Waals surface area contributed by atoms with E-state index in [1.807, 2.05) is 0 Å². The van der Waals surface area contributed by atoms with E-state index in [1.165, 1.54) is 13.0 Å². The van der Waals surface area contributed by atoms with E-state index >= 15 is 0 Å². The lowest BCUT2D eigenvalue weighted by Crippen LogP contribution is -2.62. The van der Waals surface area contributed by atoms with E-state index in [2.05, 4.69) is 58.4 Å². The van der Waals surface area contributed by atoms with Gasteiger partial charge in [0, 0.05) is 6.08 Å². The Kier molecular flexibility index (Phi) is 19.4. The van der Waals surface area contributed by atoms with Gasteiger partial charge in [0.15, 0.2) is 0 Å². The average molecular weight is 924 g/mol. The summed E-state index contributed by atoms with van der Waals surface area (Å²) < 4.78 is 6.69. The van der Waals surface area contributed by atoms with Crippen molar-refractivity contribution in [1.82, 2.24) is 26.6 Å². The highest BCUT2D eigenvalue weighted by Crippen LogP contribution is 2.33. The monoisotopic (exact) mass is 921 g/mol. The first-order chi connectivity index (χ1) is 26.7. The first kappa shape index (κ1) is 47.9. The maximum absolute atomic E-state index is 13.8. The molecule has 0 radical (unpaired) electrons. The third kappa shape index (κ3) is 15.6. The predicted molar refractivity (Wildman–Crippen MR) is 217 cm³/mol. The van der Waals surface area contributed by atoms with Crippen molar-refractivity contribution in [3.63, 3.8) is 0 Å². The predicted octanol–water partition coefficient (Wildman–Crippen LogP) is 1.42. The van der Waals surface area contributed by atoms with Crippen LogP contribution in [0.2, 0.25) is 0 Å². The summed E-state index contributed by atoms with van der Waals surface area (Å²) in [5, 5.41) is 22.0. The lowest BCUT2D eigenvalue weighted by Gasteiger charge is -2.31. The number of ether oxygens (including phenoxy) is 1. The number of benzene rings is 1. The lowest BCUT2D eigenvalue weighted by atomic mass is 9.98. The second kappa shape index (κ2) is 23.1. The minimum Gasteiger partial charge on any atom is -0.506 e. The number of carbonyl (C=O) groups is 8. The van der Waals surface area contributed by atoms with Crippen LogP contribution in [0.4, 0.5) is 0 Å². The Morgan fingerprint density at radius 1 is 0.789 bits per heavy atom. The maximum atomic E-state index is 13.8. The Morgan fingerprint density at radius 3 is 1.81 bits per heavy atom. The zero-order valence-corrected chi connectivity index (χ0v) is 35.2. The number of allylic oxidation sites excluding steroid dienone is 6. The smallest absolute Gasteiger partial charge is 0.329 e. The molecule has 1 aromatic rings. The number of phenols is 1. The minimum absolute atomic E-state index is 0.0864. The van der Waals surface area contributed by atoms with Crippen molar-refractivity contribution in [1.29, 1.82) is 0 Å². The largest absolute Gasteiger partial charge is 0.506 e. The van der Waals surface area contributed by atoms with Gasteiger partial charge in [-0.1, -0.05) is 76.6 Å². The second-order valence-electron chi connectivity index (χ2n) is 13.5. The molecule has 0 aliphatic carbocycles. The van der Waals surface area contributed by atoms with Crippen LogP contribution in [0.3, 0.4) is 0 Å². The molecule has 1 fully saturated rings. The van der Waals surface area contributed by atoms with Gasteiger partial charge in [-0.2, -0.15) is 0 Å². The van der Waals surface area contributed by atoms with Gasteiger partial charge in [0.2, 0.25) is 41.4 Å². The summed E-state index contributed by atoms with van der Waals surface area (Å²) in [4.78, 5) is 105. The van der Waals surface area contributed by atoms with Crippen LogP contribution in [0.25, 0.3) is 6.08 Å². The molecule has 10 N–H and O–H groups in total. The summed E-state index contributed by atoms with van der Waals surface area (Å²) >= 11 is 6.55. The normalized spacial score (nSPS) is 23.6. The van der Waals surface area contributed by atoms with Crippen molar-refractivity contribution in [3.05, 3.63) is 69.2 Å². The summed E-state index contributed by atoms with van der Waals surface area (Å²) in [6, 6.07) is -4.10. The quantitative estimate of drug-likeness (QED) is 0.0801. The number of rotatable bonds is 13. The summed E-state index contributed by atoms with van der Waals surface area (Å²) in [5.74, 6) is -8.79. The number of amides is 7. The Bertz CT molecular complexity index is 1790. The number of carbonyl (C=O) groups excluding carboxylic acids is 8. The van der Waals surface area contributed by atoms with Crippen molar-refractivity contribution in [2.24, 2.45) is 23.3 Å². The van der Waals surface area contributed by atoms with Crippen molar-refractivity contribution in [3.8, 4) is 5.75 Å². The Hall–Kier alpha value is -5.30. The number of nitrogens with two attached hydrogens (primary N) is 2. The number of halogens is 2. The van der Waals surface area contributed by atoms with Crippen molar-refractivity contribution in [2.45, 2.75) is 90.2 Å². The van der Waals surface area contributed by atoms with Gasteiger partial charge in [0.05, 0.1) is 21.8 Å². The van der Waals surface area contributed by atoms with Gasteiger partial charge >= 0.3 is 5.97 Å². The zero-order chi connectivity index (χ0) is 43.0. The molecule has 0 saturated carbocycles. The molecule has 0 spiro atoms. The van der Waals surface area contributed by atoms with E-state index in [4.69, 9.17) is 16.2 Å². The molecule has 2 rings (SSSR count). The molecule has 0 bridgehead atoms. The molecular formula is C38H49Br2N7O10. The van der Waals surface area contributed by atoms with E-state index in [0.29, 0.717) is 15.4 Å². The van der Waals surface area contributed by atoms with Gasteiger partial charge in [-0.3, -0.25) is 33.6 Å². The molecule has 0 aromatic heterocycles. The summed E-state index contributed by atoms with van der Waals surface area (Å²) in [6.45, 7) is 7.86. The van der Waals surface area contributed by atoms with E-state index in [0.717, 1.165) is 11.6 Å². The fraction of sp³-hybridized carbons (Fsp3) is 0.421. The molecule has 17 nitrogen and oxygen atoms in total. The van der Waals surface area contributed by atoms with E-state index in [9.17, 15) is 43.5 Å². The first-order valence-corrected chi connectivity index (χ1v) is 19.5. The van der Waals surface area contributed by atoms with Crippen LogP contribution in [0.15, 0.2) is 63.6 Å². The van der Waals surface area contributed by atoms with Crippen molar-refractivity contribution in [2.75, 3.05) is 0 Å². The van der Waals surface area contributed by atoms with Gasteiger partial charge < -0.3 is 47.9 Å². The number of hydrogen-bond donors (Lipinski definition) is 8. The zero-order valence-electron chi connectivity index (χ0n) is 32.0. The van der Waals surface area contributed by atoms with E-state index in [1.54, 1.807) is 76.3 Å². The number of nitrogens with one attached hydrogen (secondary N) is 5. The standard InChI is InChI=1S/C38H49Br2N7O10/c1-6-20(4)31-38(56)57-21(5)32(45-29(50)14-12-10-8-7-9-11-13-22-15-23(39)33(51)24(40)16-22)37(55)46-30(19(2)3)36(54)44-25(17-27(41)48)34(52)43-26(18-28(42)49)35(53)47-31/h7-16,19-21,25-26,30-32,51H,6,17-18H2,1-5H3,(H2,41,48)(H2,42,49)(H,43,52)(H,44,54)(H,45,50)(H,46,55)(H,47,53)/b9-7+,10-8+,13-11+,14-12?/t20-,21-,25+,26+,30+,31+,32+/m1/s1. The van der Waals surface area contributed by atoms with E-state index < -0.39 is 108 Å². The highest BCUT2D eigenvalue weighted by atomic mass is 79.9. The van der Waals surface area contributed by atoms with Crippen LogP contribution in [0, 0.1) is 11.8 Å². The molecule has 7 atom stereocenters. The van der Waals surface area contributed by atoms with Gasteiger partial charge in [0.1, 0.15) is 42.1 Å². The third-order valence-electron chi connectivity index (χ3n) is 8.57. The highest BCUT2D eigenvalue weighted by Gasteiger charge is 2.39. The summed E-state index contributed by atoms with van der Waals surface area (Å²) in [6.07, 6.45) is 10.2. The highest BCUT2D eigenvalue weighted by molar-refractivity contribution is 9.11. The van der Waals surface area contributed by atoms with Crippen LogP contribution in [-0.2, 0) is 43.1 Å². The molecule has 310 valence electrons. The van der Waals surface area contributed by atoms with Crippen molar-refractivity contribution < 1.29 is 48.2 Å². The molecule has 57 heavy (non-hydrogen) atoms. The van der Waals surface area contributed by atoms with Crippen LogP contribution in [0.5, 0.6) is 5.75 Å². The fourth-order valence-corrected chi connectivity index (χ4v) is 6.45. The summed E-state index contributed by atoms with van der Waals surface area (Å²) in [5.41, 5.74) is 11.5. The first-order valence-electron chi connectivity index (χ1n) is 17.9. The second-order valence-corrected chi connectivity index (χ2v) is 15.2. The Balaban J connectivity index is 2.43. The molecule has 1 saturated heterocycles. The van der Waals surface area contributed by atoms with Crippen LogP contribution < -0.4 is 38.1 Å². The van der Waals surface area contributed by atoms with Gasteiger partial charge in [-0.15, -0.1) is 0 Å². The number of esters is 1. The number of phenolic OH excluding ortho intramolecular Hbond substituents is 1. The number of primary amides is 2. The molecule has 0 unspecified atom stereocenters. The Morgan fingerprint density at radius 2 is 1.28 bits per heavy atom. The SMILES string of the molecule is CC[C@@H](C)[C@@H]1NC(=O)[C@H](CC(N)=O)NC(=O)[C@H](CC(N)=O)NC(=O)[C@H](C(C)C)NC(=O)[C@@H](NC(=O)C=C/C=C/C=C/C=C/c2cc(Br)c(O)c(Br)c2)[C@@H](C)OC1=O. The van der Waals surface area contributed by atoms with Crippen LogP contribution in [-0.4, -0.2) is 88.7 Å². The molecule has 1 heterocycles. The minimum atomic E-state index is -1.65. The number of cyclic esters (lactones) is 1. The maximum Gasteiger partial charge on any atom is 0.329 e. The molecular weight excluding hydrogens is 874 g/mol. The average Bonchev–Trinajstić information content (AvgIpc) is 3.12. The lowest BCUT2D eigenvalue weighted by molar-refractivity contribution is -0.157. The molecule has 1 aromatic carbocycles. The van der Waals surface area contributed by atoms with Crippen LogP contribution >= 0.6 is 31.9 Å². The molecule has 19 heteroatoms. The van der Waals surface area contributed by atoms with E-state index in [-0.39, 0.29) is 5.75 Å². The van der Waals surface area contributed by atoms with Gasteiger partial charge in [0.25, 0.3) is 0 Å². The topological polar surface area (TPSA) is 278 Å². The third-order valence-corrected chi connectivity index (χ3v) is 9.78. The van der Waals surface area contributed by atoms with Crippen molar-refractivity contribution >= 4 is 85.3 Å². The molecule has 7 amide bonds. The molecule has 1 aliphatic heterocycles. The van der Waals surface area contributed by atoms with Gasteiger partial charge in [-0.05, 0) is 68.3 Å². The molecule has 1 aliphatic rings.